The first kappa shape index (κ1) is 8.66. The second-order valence-electron chi connectivity index (χ2n) is 2.31. The molecule has 0 amide bonds. The summed E-state index contributed by atoms with van der Waals surface area (Å²) in [6.07, 6.45) is 1.90. The van der Waals surface area contributed by atoms with Gasteiger partial charge in [0.2, 0.25) is 6.23 Å². The Morgan fingerprint density at radius 3 is 3.08 bits per heavy atom. The highest BCUT2D eigenvalue weighted by Crippen LogP contribution is 2.16. The molecule has 0 aliphatic rings. The van der Waals surface area contributed by atoms with Gasteiger partial charge in [-0.2, -0.15) is 4.57 Å². The zero-order chi connectivity index (χ0) is 9.14. The molecule has 1 heterocycles. The molecule has 1 N–H and O–H groups in total. The predicted octanol–water partition coefficient (Wildman–Crippen LogP) is 0.692. The van der Waals surface area contributed by atoms with Gasteiger partial charge in [-0.25, -0.2) is 4.98 Å². The molecule has 1 rings (SSSR count). The quantitative estimate of drug-likeness (QED) is 0.535. The van der Waals surface area contributed by atoms with Gasteiger partial charge in [0.05, 0.1) is 0 Å². The van der Waals surface area contributed by atoms with Gasteiger partial charge in [-0.15, -0.1) is 0 Å². The van der Waals surface area contributed by atoms with Crippen LogP contribution < -0.4 is 0 Å². The standard InChI is InChI=1S/C6H9N3O3/c1-2-6(10)8-4-7-3-5(8)9(11)12/h3-4,6,10H,2H2,1H3/t6-/m0/s1. The molecule has 6 heteroatoms. The maximum atomic E-state index is 10.3. The van der Waals surface area contributed by atoms with E-state index in [-0.39, 0.29) is 5.82 Å². The van der Waals surface area contributed by atoms with E-state index < -0.39 is 11.2 Å². The van der Waals surface area contributed by atoms with Crippen molar-refractivity contribution in [2.45, 2.75) is 19.6 Å². The molecule has 0 aromatic carbocycles. The summed E-state index contributed by atoms with van der Waals surface area (Å²) >= 11 is 0. The molecular formula is C6H9N3O3. The molecule has 1 atom stereocenters. The third-order valence-corrected chi connectivity index (χ3v) is 1.52. The van der Waals surface area contributed by atoms with E-state index in [1.54, 1.807) is 6.92 Å². The normalized spacial score (nSPS) is 12.8. The van der Waals surface area contributed by atoms with Crippen LogP contribution in [0.5, 0.6) is 0 Å². The maximum Gasteiger partial charge on any atom is 0.344 e. The van der Waals surface area contributed by atoms with Gasteiger partial charge in [-0.3, -0.25) is 0 Å². The molecule has 0 spiro atoms. The molecule has 0 saturated heterocycles. The average molecular weight is 171 g/mol. The molecule has 0 aliphatic carbocycles. The van der Waals surface area contributed by atoms with Crippen LogP contribution >= 0.6 is 0 Å². The Morgan fingerprint density at radius 1 is 1.92 bits per heavy atom. The van der Waals surface area contributed by atoms with E-state index in [9.17, 15) is 15.2 Å². The molecule has 0 bridgehead atoms. The zero-order valence-corrected chi connectivity index (χ0v) is 6.54. The Hall–Kier alpha value is -1.43. The van der Waals surface area contributed by atoms with E-state index in [4.69, 9.17) is 0 Å². The predicted molar refractivity (Wildman–Crippen MR) is 40.4 cm³/mol. The summed E-state index contributed by atoms with van der Waals surface area (Å²) in [5, 5.41) is 19.6. The molecule has 0 fully saturated rings. The van der Waals surface area contributed by atoms with E-state index in [0.29, 0.717) is 6.42 Å². The SMILES string of the molecule is CC[C@H](O)n1cncc1[N+](=O)[O-]. The number of aromatic nitrogens is 2. The molecule has 0 unspecified atom stereocenters. The van der Waals surface area contributed by atoms with Crippen LogP contribution in [-0.2, 0) is 0 Å². The summed E-state index contributed by atoms with van der Waals surface area (Å²) < 4.78 is 1.12. The Morgan fingerprint density at radius 2 is 2.58 bits per heavy atom. The fraction of sp³-hybridized carbons (Fsp3) is 0.500. The van der Waals surface area contributed by atoms with Crippen molar-refractivity contribution < 1.29 is 10.0 Å². The van der Waals surface area contributed by atoms with Crippen LogP contribution in [0.1, 0.15) is 19.6 Å². The van der Waals surface area contributed by atoms with Gasteiger partial charge in [0.15, 0.2) is 6.33 Å². The van der Waals surface area contributed by atoms with Crippen molar-refractivity contribution in [3.05, 3.63) is 22.6 Å². The second kappa shape index (κ2) is 3.31. The number of aliphatic hydroxyl groups is 1. The topological polar surface area (TPSA) is 81.2 Å². The summed E-state index contributed by atoms with van der Waals surface area (Å²) in [5.41, 5.74) is 0. The number of nitrogens with zero attached hydrogens (tertiary/aromatic N) is 3. The van der Waals surface area contributed by atoms with Crippen LogP contribution in [0.3, 0.4) is 0 Å². The third kappa shape index (κ3) is 1.42. The first-order chi connectivity index (χ1) is 5.66. The van der Waals surface area contributed by atoms with Crippen LogP contribution in [0.2, 0.25) is 0 Å². The van der Waals surface area contributed by atoms with Crippen molar-refractivity contribution in [1.29, 1.82) is 0 Å². The van der Waals surface area contributed by atoms with E-state index in [1.165, 1.54) is 6.33 Å². The summed E-state index contributed by atoms with van der Waals surface area (Å²) in [7, 11) is 0. The smallest absolute Gasteiger partial charge is 0.344 e. The lowest BCUT2D eigenvalue weighted by atomic mass is 10.4. The van der Waals surface area contributed by atoms with Crippen LogP contribution in [0.25, 0.3) is 0 Å². The van der Waals surface area contributed by atoms with E-state index >= 15 is 0 Å². The van der Waals surface area contributed by atoms with Crippen molar-refractivity contribution in [3.8, 4) is 0 Å². The molecule has 1 aromatic rings. The van der Waals surface area contributed by atoms with Gasteiger partial charge >= 0.3 is 5.82 Å². The number of aliphatic hydroxyl groups excluding tert-OH is 1. The third-order valence-electron chi connectivity index (χ3n) is 1.52. The van der Waals surface area contributed by atoms with E-state index in [1.807, 2.05) is 0 Å². The lowest BCUT2D eigenvalue weighted by Crippen LogP contribution is -2.08. The van der Waals surface area contributed by atoms with E-state index in [2.05, 4.69) is 4.98 Å². The molecule has 12 heavy (non-hydrogen) atoms. The maximum absolute atomic E-state index is 10.3. The molecule has 0 aliphatic heterocycles. The minimum Gasteiger partial charge on any atom is -0.358 e. The van der Waals surface area contributed by atoms with Gasteiger partial charge < -0.3 is 15.2 Å². The van der Waals surface area contributed by atoms with Crippen molar-refractivity contribution in [1.82, 2.24) is 9.55 Å². The van der Waals surface area contributed by atoms with Crippen molar-refractivity contribution in [2.24, 2.45) is 0 Å². The van der Waals surface area contributed by atoms with E-state index in [0.717, 1.165) is 10.8 Å². The van der Waals surface area contributed by atoms with Crippen molar-refractivity contribution in [3.63, 3.8) is 0 Å². The average Bonchev–Trinajstić information content (AvgIpc) is 2.50. The summed E-state index contributed by atoms with van der Waals surface area (Å²) in [6, 6.07) is 0. The Bertz CT molecular complexity index is 283. The Balaban J connectivity index is 2.98. The first-order valence-corrected chi connectivity index (χ1v) is 3.51. The van der Waals surface area contributed by atoms with Crippen molar-refractivity contribution in [2.75, 3.05) is 0 Å². The minimum atomic E-state index is -0.868. The van der Waals surface area contributed by atoms with Gasteiger partial charge in [-0.1, -0.05) is 6.92 Å². The second-order valence-corrected chi connectivity index (χ2v) is 2.31. The fourth-order valence-corrected chi connectivity index (χ4v) is 0.865. The van der Waals surface area contributed by atoms with Crippen LogP contribution in [0.15, 0.2) is 12.5 Å². The largest absolute Gasteiger partial charge is 0.358 e. The van der Waals surface area contributed by atoms with Gasteiger partial charge in [-0.05, 0) is 4.92 Å². The van der Waals surface area contributed by atoms with Crippen LogP contribution in [-0.4, -0.2) is 19.6 Å². The number of hydrogen-bond acceptors (Lipinski definition) is 4. The Labute approximate surface area is 68.6 Å². The zero-order valence-electron chi connectivity index (χ0n) is 6.54. The minimum absolute atomic E-state index is 0.190. The van der Waals surface area contributed by atoms with Gasteiger partial charge in [0.1, 0.15) is 6.20 Å². The van der Waals surface area contributed by atoms with Gasteiger partial charge in [0, 0.05) is 6.42 Å². The van der Waals surface area contributed by atoms with Gasteiger partial charge in [0.25, 0.3) is 0 Å². The van der Waals surface area contributed by atoms with Crippen LogP contribution in [0.4, 0.5) is 5.82 Å². The molecule has 66 valence electrons. The highest BCUT2D eigenvalue weighted by molar-refractivity contribution is 5.15. The highest BCUT2D eigenvalue weighted by atomic mass is 16.6. The first-order valence-electron chi connectivity index (χ1n) is 3.51. The summed E-state index contributed by atoms with van der Waals surface area (Å²) in [4.78, 5) is 13.3. The molecule has 1 aromatic heterocycles. The van der Waals surface area contributed by atoms with Crippen molar-refractivity contribution >= 4 is 5.82 Å². The summed E-state index contributed by atoms with van der Waals surface area (Å²) in [6.45, 7) is 1.73. The molecule has 0 radical (unpaired) electrons. The molecular weight excluding hydrogens is 162 g/mol. The Kier molecular flexibility index (Phi) is 2.39. The fourth-order valence-electron chi connectivity index (χ4n) is 0.865. The lowest BCUT2D eigenvalue weighted by molar-refractivity contribution is -0.393. The highest BCUT2D eigenvalue weighted by Gasteiger charge is 2.18. The lowest BCUT2D eigenvalue weighted by Gasteiger charge is -2.04. The molecule has 6 nitrogen and oxygen atoms in total. The number of imidazole rings is 1. The monoisotopic (exact) mass is 171 g/mol. The number of rotatable bonds is 3. The summed E-state index contributed by atoms with van der Waals surface area (Å²) in [5.74, 6) is -0.190. The number of nitro groups is 1. The molecule has 0 saturated carbocycles. The number of hydrogen-bond donors (Lipinski definition) is 1. The van der Waals surface area contributed by atoms with Crippen LogP contribution in [0, 0.1) is 10.1 Å².